The largest absolute Gasteiger partial charge is 0.398 e. The molecule has 2 rings (SSSR count). The summed E-state index contributed by atoms with van der Waals surface area (Å²) in [7, 11) is 0. The lowest BCUT2D eigenvalue weighted by Crippen LogP contribution is -2.45. The average molecular weight is 395 g/mol. The van der Waals surface area contributed by atoms with E-state index < -0.39 is 12.6 Å². The lowest BCUT2D eigenvalue weighted by atomic mass is 9.97. The molecule has 0 aromatic heterocycles. The normalized spacial score (nSPS) is 17.0. The molecule has 0 amide bonds. The van der Waals surface area contributed by atoms with Crippen molar-refractivity contribution in [3.63, 3.8) is 0 Å². The number of halogens is 6. The third-order valence-electron chi connectivity index (χ3n) is 3.70. The molecule has 0 saturated carbocycles. The van der Waals surface area contributed by atoms with Crippen LogP contribution in [0.5, 0.6) is 0 Å². The summed E-state index contributed by atoms with van der Waals surface area (Å²) in [6.07, 6.45) is -5.00. The van der Waals surface area contributed by atoms with Gasteiger partial charge in [-0.3, -0.25) is 4.90 Å². The van der Waals surface area contributed by atoms with Gasteiger partial charge in [0, 0.05) is 49.4 Å². The minimum atomic E-state index is -4.17. The molecule has 134 valence electrons. The molecule has 1 aliphatic heterocycles. The molecule has 9 heteroatoms. The number of rotatable bonds is 4. The molecule has 1 aliphatic rings. The topological polar surface area (TPSA) is 41.3 Å². The second-order valence-electron chi connectivity index (χ2n) is 5.23. The zero-order valence-electron chi connectivity index (χ0n) is 12.4. The number of nitrogens with two attached hydrogens (primary N) is 1. The molecule has 3 N–H and O–H groups in total. The van der Waals surface area contributed by atoms with Crippen molar-refractivity contribution in [1.82, 2.24) is 10.2 Å². The van der Waals surface area contributed by atoms with E-state index in [1.807, 2.05) is 4.90 Å². The zero-order chi connectivity index (χ0) is 15.5. The summed E-state index contributed by atoms with van der Waals surface area (Å²) in [6.45, 7) is 2.94. The van der Waals surface area contributed by atoms with E-state index in [1.165, 1.54) is 0 Å². The number of piperazine rings is 1. The van der Waals surface area contributed by atoms with Gasteiger partial charge < -0.3 is 11.1 Å². The van der Waals surface area contributed by atoms with Crippen LogP contribution in [0.3, 0.4) is 0 Å². The van der Waals surface area contributed by atoms with Crippen LogP contribution in [0, 0.1) is 0 Å². The van der Waals surface area contributed by atoms with Crippen LogP contribution in [-0.4, -0.2) is 37.3 Å². The Labute approximate surface area is 151 Å². The van der Waals surface area contributed by atoms with Gasteiger partial charge in [0.1, 0.15) is 0 Å². The van der Waals surface area contributed by atoms with Crippen molar-refractivity contribution < 1.29 is 13.2 Å². The van der Waals surface area contributed by atoms with Crippen molar-refractivity contribution in [3.05, 3.63) is 28.8 Å². The van der Waals surface area contributed by atoms with E-state index in [0.717, 1.165) is 13.1 Å². The highest BCUT2D eigenvalue weighted by molar-refractivity contribution is 6.30. The Kier molecular flexibility index (Phi) is 9.62. The molecular formula is C14H21Cl3F3N3. The lowest BCUT2D eigenvalue weighted by molar-refractivity contribution is -0.138. The van der Waals surface area contributed by atoms with E-state index >= 15 is 0 Å². The Hall–Kier alpha value is -0.400. The molecule has 0 unspecified atom stereocenters. The molecule has 1 saturated heterocycles. The molecule has 0 spiro atoms. The van der Waals surface area contributed by atoms with Crippen LogP contribution < -0.4 is 11.1 Å². The summed E-state index contributed by atoms with van der Waals surface area (Å²) < 4.78 is 37.8. The number of hydrogen-bond donors (Lipinski definition) is 2. The predicted octanol–water partition coefficient (Wildman–Crippen LogP) is 4.05. The second-order valence-corrected chi connectivity index (χ2v) is 5.67. The van der Waals surface area contributed by atoms with Crippen molar-refractivity contribution in [2.75, 3.05) is 31.9 Å². The number of nitrogens with zero attached hydrogens (tertiary/aromatic N) is 1. The number of benzene rings is 1. The highest BCUT2D eigenvalue weighted by atomic mass is 35.5. The summed E-state index contributed by atoms with van der Waals surface area (Å²) in [5, 5.41) is 3.69. The van der Waals surface area contributed by atoms with Crippen LogP contribution in [-0.2, 0) is 0 Å². The van der Waals surface area contributed by atoms with Gasteiger partial charge in [-0.15, -0.1) is 24.8 Å². The van der Waals surface area contributed by atoms with Gasteiger partial charge in [0.05, 0.1) is 0 Å². The van der Waals surface area contributed by atoms with Crippen molar-refractivity contribution in [2.24, 2.45) is 0 Å². The van der Waals surface area contributed by atoms with Gasteiger partial charge in [0.15, 0.2) is 0 Å². The summed E-state index contributed by atoms with van der Waals surface area (Å²) in [5.74, 6) is 0. The molecule has 23 heavy (non-hydrogen) atoms. The van der Waals surface area contributed by atoms with Crippen LogP contribution in [0.4, 0.5) is 18.9 Å². The molecule has 1 aromatic rings. The van der Waals surface area contributed by atoms with Crippen molar-refractivity contribution in [2.45, 2.75) is 25.1 Å². The van der Waals surface area contributed by atoms with Crippen molar-refractivity contribution >= 4 is 42.1 Å². The van der Waals surface area contributed by atoms with E-state index in [9.17, 15) is 13.2 Å². The minimum absolute atomic E-state index is 0. The van der Waals surface area contributed by atoms with E-state index in [-0.39, 0.29) is 37.3 Å². The molecule has 1 fully saturated rings. The number of nitrogens with one attached hydrogen (secondary N) is 1. The Morgan fingerprint density at radius 1 is 1.22 bits per heavy atom. The Balaban J connectivity index is 0.00000242. The fourth-order valence-corrected chi connectivity index (χ4v) is 2.84. The van der Waals surface area contributed by atoms with E-state index in [1.54, 1.807) is 18.2 Å². The van der Waals surface area contributed by atoms with Gasteiger partial charge in [-0.25, -0.2) is 0 Å². The first-order valence-electron chi connectivity index (χ1n) is 6.93. The third kappa shape index (κ3) is 6.93. The van der Waals surface area contributed by atoms with E-state index in [4.69, 9.17) is 17.3 Å². The van der Waals surface area contributed by atoms with Gasteiger partial charge in [0.2, 0.25) is 0 Å². The predicted molar refractivity (Wildman–Crippen MR) is 92.8 cm³/mol. The molecule has 1 heterocycles. The number of anilines is 1. The molecule has 0 bridgehead atoms. The SMILES string of the molecule is Cl.Cl.Nc1ccc(Cl)cc1[C@H](CCC(F)(F)F)N1CCNCC1. The van der Waals surface area contributed by atoms with Gasteiger partial charge in [-0.05, 0) is 30.2 Å². The van der Waals surface area contributed by atoms with Crippen LogP contribution in [0.2, 0.25) is 5.02 Å². The first kappa shape index (κ1) is 22.6. The maximum absolute atomic E-state index is 12.6. The van der Waals surface area contributed by atoms with Crippen LogP contribution in [0.25, 0.3) is 0 Å². The molecule has 0 radical (unpaired) electrons. The third-order valence-corrected chi connectivity index (χ3v) is 3.94. The number of alkyl halides is 3. The van der Waals surface area contributed by atoms with Crippen LogP contribution in [0.1, 0.15) is 24.4 Å². The second kappa shape index (κ2) is 9.79. The molecule has 1 atom stereocenters. The van der Waals surface area contributed by atoms with E-state index in [2.05, 4.69) is 5.32 Å². The molecule has 3 nitrogen and oxygen atoms in total. The Morgan fingerprint density at radius 2 is 1.83 bits per heavy atom. The maximum atomic E-state index is 12.6. The summed E-state index contributed by atoms with van der Waals surface area (Å²) in [4.78, 5) is 2.05. The molecular weight excluding hydrogens is 374 g/mol. The van der Waals surface area contributed by atoms with Crippen LogP contribution in [0.15, 0.2) is 18.2 Å². The highest BCUT2D eigenvalue weighted by Crippen LogP contribution is 2.35. The fraction of sp³-hybridized carbons (Fsp3) is 0.571. The maximum Gasteiger partial charge on any atom is 0.389 e. The van der Waals surface area contributed by atoms with Crippen molar-refractivity contribution in [1.29, 1.82) is 0 Å². The highest BCUT2D eigenvalue weighted by Gasteiger charge is 2.32. The minimum Gasteiger partial charge on any atom is -0.398 e. The molecule has 0 aliphatic carbocycles. The summed E-state index contributed by atoms with van der Waals surface area (Å²) >= 11 is 5.98. The van der Waals surface area contributed by atoms with Crippen molar-refractivity contribution in [3.8, 4) is 0 Å². The Morgan fingerprint density at radius 3 is 2.39 bits per heavy atom. The van der Waals surface area contributed by atoms with Gasteiger partial charge in [0.25, 0.3) is 0 Å². The first-order valence-corrected chi connectivity index (χ1v) is 7.31. The Bertz CT molecular complexity index is 480. The lowest BCUT2D eigenvalue weighted by Gasteiger charge is -2.36. The van der Waals surface area contributed by atoms with Gasteiger partial charge in [-0.1, -0.05) is 11.6 Å². The van der Waals surface area contributed by atoms with Gasteiger partial charge in [-0.2, -0.15) is 13.2 Å². The average Bonchev–Trinajstić information content (AvgIpc) is 2.43. The number of nitrogen functional groups attached to an aromatic ring is 1. The summed E-state index contributed by atoms with van der Waals surface area (Å²) in [5.41, 5.74) is 7.13. The van der Waals surface area contributed by atoms with Gasteiger partial charge >= 0.3 is 6.18 Å². The summed E-state index contributed by atoms with van der Waals surface area (Å²) in [6, 6.07) is 4.63. The zero-order valence-corrected chi connectivity index (χ0v) is 14.8. The fourth-order valence-electron chi connectivity index (χ4n) is 2.66. The monoisotopic (exact) mass is 393 g/mol. The quantitative estimate of drug-likeness (QED) is 0.757. The standard InChI is InChI=1S/C14H19ClF3N3.2ClH/c15-10-1-2-12(19)11(9-10)13(3-4-14(16,17)18)21-7-5-20-6-8-21;;/h1-2,9,13,20H,3-8,19H2;2*1H/t13-;;/m0../s1. The van der Waals surface area contributed by atoms with E-state index in [0.29, 0.717) is 29.4 Å². The smallest absolute Gasteiger partial charge is 0.389 e. The van der Waals surface area contributed by atoms with Crippen LogP contribution >= 0.6 is 36.4 Å². The molecule has 1 aromatic carbocycles. The number of hydrogen-bond acceptors (Lipinski definition) is 3. The first-order chi connectivity index (χ1) is 9.87.